The summed E-state index contributed by atoms with van der Waals surface area (Å²) in [5.74, 6) is -1.63. The Kier molecular flexibility index (Phi) is 8.00. The normalized spacial score (nSPS) is 11.1. The van der Waals surface area contributed by atoms with Crippen LogP contribution < -0.4 is 14.5 Å². The van der Waals surface area contributed by atoms with Gasteiger partial charge >= 0.3 is 16.1 Å². The van der Waals surface area contributed by atoms with Crippen LogP contribution in [0.25, 0.3) is 5.69 Å². The van der Waals surface area contributed by atoms with Crippen LogP contribution in [0.3, 0.4) is 0 Å². The molecular weight excluding hydrogens is 467 g/mol. The molecule has 3 rings (SSSR count). The largest absolute Gasteiger partial charge is 0.494 e. The van der Waals surface area contributed by atoms with Crippen molar-refractivity contribution >= 4 is 16.1 Å². The van der Waals surface area contributed by atoms with Crippen LogP contribution in [0, 0.1) is 5.82 Å². The van der Waals surface area contributed by atoms with E-state index >= 15 is 0 Å². The molecule has 0 fully saturated rings. The first kappa shape index (κ1) is 24.9. The van der Waals surface area contributed by atoms with E-state index in [4.69, 9.17) is 13.7 Å². The Labute approximate surface area is 195 Å². The number of carbonyl (C=O) groups excluding carboxylic acids is 1. The molecule has 0 unspecified atom stereocenters. The van der Waals surface area contributed by atoms with E-state index in [2.05, 4.69) is 5.10 Å². The van der Waals surface area contributed by atoms with Crippen LogP contribution in [-0.2, 0) is 14.9 Å². The average molecular weight is 491 g/mol. The van der Waals surface area contributed by atoms with Crippen molar-refractivity contribution in [3.63, 3.8) is 0 Å². The fourth-order valence-electron chi connectivity index (χ4n) is 2.82. The molecule has 0 N–H and O–H groups in total. The first-order chi connectivity index (χ1) is 16.2. The van der Waals surface area contributed by atoms with Gasteiger partial charge in [-0.2, -0.15) is 18.2 Å². The first-order valence-electron chi connectivity index (χ1n) is 10.5. The fraction of sp³-hybridized carbons (Fsp3) is 0.261. The molecule has 9 nitrogen and oxygen atoms in total. The van der Waals surface area contributed by atoms with Gasteiger partial charge in [0.25, 0.3) is 5.56 Å². The van der Waals surface area contributed by atoms with E-state index in [0.29, 0.717) is 12.4 Å². The van der Waals surface area contributed by atoms with Crippen molar-refractivity contribution in [2.45, 2.75) is 31.6 Å². The smallest absolute Gasteiger partial charge is 0.362 e. The molecule has 2 aromatic carbocycles. The highest BCUT2D eigenvalue weighted by molar-refractivity contribution is 7.87. The van der Waals surface area contributed by atoms with E-state index < -0.39 is 38.9 Å². The molecule has 0 bridgehead atoms. The van der Waals surface area contributed by atoms with Gasteiger partial charge in [-0.3, -0.25) is 4.79 Å². The minimum atomic E-state index is -4.43. The maximum absolute atomic E-state index is 13.2. The number of benzene rings is 2. The fourth-order valence-corrected chi connectivity index (χ4v) is 3.74. The van der Waals surface area contributed by atoms with Gasteiger partial charge in [0.05, 0.1) is 25.0 Å². The number of carbonyl (C=O) groups is 1. The summed E-state index contributed by atoms with van der Waals surface area (Å²) in [6.07, 6.45) is 1.81. The summed E-state index contributed by atoms with van der Waals surface area (Å²) in [6, 6.07) is 11.1. The van der Waals surface area contributed by atoms with Gasteiger partial charge in [-0.25, -0.2) is 9.18 Å². The zero-order valence-corrected chi connectivity index (χ0v) is 19.4. The van der Waals surface area contributed by atoms with E-state index in [1.807, 2.05) is 6.92 Å². The summed E-state index contributed by atoms with van der Waals surface area (Å²) in [4.78, 5) is 24.9. The number of hydrogen-bond donors (Lipinski definition) is 0. The molecule has 1 aromatic heterocycles. The minimum absolute atomic E-state index is 0.0259. The van der Waals surface area contributed by atoms with Crippen LogP contribution in [0.5, 0.6) is 11.5 Å². The molecule has 0 aliphatic rings. The van der Waals surface area contributed by atoms with Crippen molar-refractivity contribution in [2.75, 3.05) is 13.2 Å². The quantitative estimate of drug-likeness (QED) is 0.241. The van der Waals surface area contributed by atoms with E-state index in [1.165, 1.54) is 36.4 Å². The SMILES string of the molecule is CCCCOc1ccc(S(=O)(=O)Oc2cc(=O)n(-c3ccc(F)cc3)nc2C(=O)OCC)cc1. The van der Waals surface area contributed by atoms with Gasteiger partial charge in [0.2, 0.25) is 5.69 Å². The summed E-state index contributed by atoms with van der Waals surface area (Å²) in [5, 5.41) is 3.92. The predicted molar refractivity (Wildman–Crippen MR) is 120 cm³/mol. The van der Waals surface area contributed by atoms with Crippen LogP contribution in [0.1, 0.15) is 37.2 Å². The Morgan fingerprint density at radius 1 is 1.06 bits per heavy atom. The van der Waals surface area contributed by atoms with Crippen molar-refractivity contribution in [1.29, 1.82) is 0 Å². The topological polar surface area (TPSA) is 114 Å². The standard InChI is InChI=1S/C23H23FN2O7S/c1-3-5-14-32-18-10-12-19(13-11-18)34(29,30)33-20-15-21(27)26(17-8-6-16(24)7-9-17)25-22(20)23(28)31-4-2/h6-13,15H,3-5,14H2,1-2H3. The molecule has 0 saturated heterocycles. The van der Waals surface area contributed by atoms with Crippen LogP contribution in [0.4, 0.5) is 4.39 Å². The lowest BCUT2D eigenvalue weighted by molar-refractivity contribution is 0.0515. The summed E-state index contributed by atoms with van der Waals surface area (Å²) in [5.41, 5.74) is -1.18. The second-order valence-electron chi connectivity index (χ2n) is 7.02. The highest BCUT2D eigenvalue weighted by Gasteiger charge is 2.25. The molecule has 34 heavy (non-hydrogen) atoms. The summed E-state index contributed by atoms with van der Waals surface area (Å²) in [6.45, 7) is 4.04. The van der Waals surface area contributed by atoms with Crippen LogP contribution >= 0.6 is 0 Å². The third-order valence-corrected chi connectivity index (χ3v) is 5.76. The Morgan fingerprint density at radius 2 is 1.74 bits per heavy atom. The third kappa shape index (κ3) is 5.98. The Hall–Kier alpha value is -3.73. The Bertz CT molecular complexity index is 1300. The second-order valence-corrected chi connectivity index (χ2v) is 8.56. The predicted octanol–water partition coefficient (Wildman–Crippen LogP) is 3.49. The van der Waals surface area contributed by atoms with E-state index in [0.717, 1.165) is 35.7 Å². The van der Waals surface area contributed by atoms with Crippen LogP contribution in [0.15, 0.2) is 64.3 Å². The minimum Gasteiger partial charge on any atom is -0.494 e. The molecule has 0 amide bonds. The molecule has 0 aliphatic heterocycles. The lowest BCUT2D eigenvalue weighted by Gasteiger charge is -2.13. The zero-order valence-electron chi connectivity index (χ0n) is 18.6. The van der Waals surface area contributed by atoms with Crippen molar-refractivity contribution < 1.29 is 31.3 Å². The van der Waals surface area contributed by atoms with Gasteiger partial charge in [0.15, 0.2) is 5.75 Å². The molecule has 180 valence electrons. The van der Waals surface area contributed by atoms with Gasteiger partial charge < -0.3 is 13.7 Å². The average Bonchev–Trinajstić information content (AvgIpc) is 2.80. The van der Waals surface area contributed by atoms with Gasteiger partial charge in [0.1, 0.15) is 16.5 Å². The molecule has 0 saturated carbocycles. The third-order valence-electron chi connectivity index (χ3n) is 4.52. The van der Waals surface area contributed by atoms with E-state index in [9.17, 15) is 22.4 Å². The van der Waals surface area contributed by atoms with Gasteiger partial charge in [-0.15, -0.1) is 0 Å². The number of aromatic nitrogens is 2. The van der Waals surface area contributed by atoms with E-state index in [-0.39, 0.29) is 17.2 Å². The number of hydrogen-bond acceptors (Lipinski definition) is 8. The number of nitrogens with zero attached hydrogens (tertiary/aromatic N) is 2. The van der Waals surface area contributed by atoms with Crippen LogP contribution in [0.2, 0.25) is 0 Å². The van der Waals surface area contributed by atoms with Crippen molar-refractivity contribution in [1.82, 2.24) is 9.78 Å². The Morgan fingerprint density at radius 3 is 2.35 bits per heavy atom. The lowest BCUT2D eigenvalue weighted by atomic mass is 10.3. The number of ether oxygens (including phenoxy) is 2. The highest BCUT2D eigenvalue weighted by Crippen LogP contribution is 2.23. The summed E-state index contributed by atoms with van der Waals surface area (Å²) < 4.78 is 55.3. The molecule has 0 spiro atoms. The molecule has 0 radical (unpaired) electrons. The molecule has 0 atom stereocenters. The molecule has 1 heterocycles. The summed E-state index contributed by atoms with van der Waals surface area (Å²) in [7, 11) is -4.43. The number of rotatable bonds is 10. The Balaban J connectivity index is 1.96. The first-order valence-corrected chi connectivity index (χ1v) is 11.9. The van der Waals surface area contributed by atoms with E-state index in [1.54, 1.807) is 6.92 Å². The number of esters is 1. The molecular formula is C23H23FN2O7S. The van der Waals surface area contributed by atoms with Crippen molar-refractivity contribution in [3.05, 3.63) is 76.5 Å². The van der Waals surface area contributed by atoms with Crippen LogP contribution in [-0.4, -0.2) is 37.4 Å². The number of halogens is 1. The van der Waals surface area contributed by atoms with Gasteiger partial charge in [-0.1, -0.05) is 13.3 Å². The molecule has 11 heteroatoms. The maximum atomic E-state index is 13.2. The second kappa shape index (κ2) is 10.9. The number of unbranched alkanes of at least 4 members (excludes halogenated alkanes) is 1. The lowest BCUT2D eigenvalue weighted by Crippen LogP contribution is -2.26. The maximum Gasteiger partial charge on any atom is 0.362 e. The molecule has 3 aromatic rings. The van der Waals surface area contributed by atoms with Gasteiger partial charge in [-0.05, 0) is 61.9 Å². The van der Waals surface area contributed by atoms with Crippen molar-refractivity contribution in [3.8, 4) is 17.2 Å². The van der Waals surface area contributed by atoms with Crippen molar-refractivity contribution in [2.24, 2.45) is 0 Å². The summed E-state index contributed by atoms with van der Waals surface area (Å²) >= 11 is 0. The zero-order chi connectivity index (χ0) is 24.7. The van der Waals surface area contributed by atoms with Gasteiger partial charge in [0, 0.05) is 0 Å². The monoisotopic (exact) mass is 490 g/mol. The highest BCUT2D eigenvalue weighted by atomic mass is 32.2. The molecule has 0 aliphatic carbocycles.